The molecule has 1 fully saturated rings. The van der Waals surface area contributed by atoms with Gasteiger partial charge in [-0.25, -0.2) is 9.59 Å². The second-order valence-electron chi connectivity index (χ2n) is 7.88. The van der Waals surface area contributed by atoms with E-state index in [-0.39, 0.29) is 5.82 Å². The Balaban J connectivity index is 2.63. The van der Waals surface area contributed by atoms with Crippen LogP contribution in [0.3, 0.4) is 0 Å². The van der Waals surface area contributed by atoms with Gasteiger partial charge in [0.2, 0.25) is 11.8 Å². The zero-order valence-corrected chi connectivity index (χ0v) is 20.6. The quantitative estimate of drug-likeness (QED) is 0.281. The van der Waals surface area contributed by atoms with Gasteiger partial charge in [0, 0.05) is 40.8 Å². The summed E-state index contributed by atoms with van der Waals surface area (Å²) in [7, 11) is 0. The van der Waals surface area contributed by atoms with Crippen LogP contribution in [0.1, 0.15) is 40.8 Å². The summed E-state index contributed by atoms with van der Waals surface area (Å²) >= 11 is 0. The van der Waals surface area contributed by atoms with Crippen molar-refractivity contribution in [3.63, 3.8) is 0 Å². The summed E-state index contributed by atoms with van der Waals surface area (Å²) in [6, 6.07) is -1.22. The molecule has 1 aromatic rings. The maximum atomic E-state index is 12.9. The van der Waals surface area contributed by atoms with Crippen molar-refractivity contribution in [2.45, 2.75) is 65.2 Å². The van der Waals surface area contributed by atoms with Gasteiger partial charge in [-0.15, -0.1) is 0 Å². The normalized spacial score (nSPS) is 22.7. The van der Waals surface area contributed by atoms with Crippen LogP contribution in [0.25, 0.3) is 0 Å². The first kappa shape index (κ1) is 28.9. The van der Waals surface area contributed by atoms with Crippen LogP contribution in [0.2, 0.25) is 0 Å². The molecular formula is C21H27N5O11. The maximum absolute atomic E-state index is 12.9. The summed E-state index contributed by atoms with van der Waals surface area (Å²) in [6.07, 6.45) is -4.48. The lowest BCUT2D eigenvalue weighted by Gasteiger charge is -2.45. The van der Waals surface area contributed by atoms with E-state index in [9.17, 15) is 33.6 Å². The van der Waals surface area contributed by atoms with Gasteiger partial charge in [-0.1, -0.05) is 0 Å². The Hall–Kier alpha value is -4.34. The number of imide groups is 1. The lowest BCUT2D eigenvalue weighted by Crippen LogP contribution is -2.66. The largest absolute Gasteiger partial charge is 0.463 e. The second kappa shape index (κ2) is 12.6. The van der Waals surface area contributed by atoms with Crippen LogP contribution < -0.4 is 21.6 Å². The Morgan fingerprint density at radius 2 is 1.57 bits per heavy atom. The predicted molar refractivity (Wildman–Crippen MR) is 121 cm³/mol. The molecule has 0 saturated carbocycles. The fourth-order valence-electron chi connectivity index (χ4n) is 3.52. The average molecular weight is 525 g/mol. The Bertz CT molecular complexity index is 1130. The molecule has 16 heteroatoms. The van der Waals surface area contributed by atoms with Gasteiger partial charge in [0.25, 0.3) is 0 Å². The third-order valence-electron chi connectivity index (χ3n) is 4.72. The smallest absolute Gasteiger partial charge is 0.351 e. The molecule has 5 atom stereocenters. The van der Waals surface area contributed by atoms with Gasteiger partial charge in [-0.05, 0) is 6.07 Å². The predicted octanol–water partition coefficient (Wildman–Crippen LogP) is -1.26. The minimum Gasteiger partial charge on any atom is -0.463 e. The number of hydrogen-bond acceptors (Lipinski definition) is 12. The average Bonchev–Trinajstić information content (AvgIpc) is 2.74. The van der Waals surface area contributed by atoms with E-state index in [1.807, 2.05) is 5.32 Å². The van der Waals surface area contributed by atoms with E-state index in [1.54, 1.807) is 0 Å². The molecule has 0 bridgehead atoms. The third-order valence-corrected chi connectivity index (χ3v) is 4.72. The first-order valence-electron chi connectivity index (χ1n) is 10.9. The van der Waals surface area contributed by atoms with Crippen molar-refractivity contribution < 1.29 is 47.7 Å². The number of nitrogens with one attached hydrogen (secondary N) is 3. The van der Waals surface area contributed by atoms with Gasteiger partial charge in [-0.2, -0.15) is 4.98 Å². The maximum Gasteiger partial charge on any atom is 0.351 e. The number of aromatic nitrogens is 2. The fourth-order valence-corrected chi connectivity index (χ4v) is 3.52. The molecule has 4 amide bonds. The minimum absolute atomic E-state index is 0.0748. The molecule has 0 radical (unpaired) electrons. The summed E-state index contributed by atoms with van der Waals surface area (Å²) < 4.78 is 22.5. The molecule has 2 heterocycles. The zero-order valence-electron chi connectivity index (χ0n) is 20.6. The van der Waals surface area contributed by atoms with Crippen molar-refractivity contribution in [1.82, 2.24) is 20.2 Å². The van der Waals surface area contributed by atoms with Gasteiger partial charge in [0.1, 0.15) is 24.6 Å². The van der Waals surface area contributed by atoms with Gasteiger partial charge >= 0.3 is 29.6 Å². The van der Waals surface area contributed by atoms with Crippen LogP contribution in [-0.2, 0) is 42.9 Å². The van der Waals surface area contributed by atoms with Gasteiger partial charge < -0.3 is 29.6 Å². The molecule has 1 aliphatic rings. The number of urea groups is 1. The number of esters is 3. The lowest BCUT2D eigenvalue weighted by molar-refractivity contribution is -0.236. The lowest BCUT2D eigenvalue weighted by atomic mass is 9.95. The number of amides is 4. The third kappa shape index (κ3) is 8.38. The van der Waals surface area contributed by atoms with Crippen LogP contribution in [0.15, 0.2) is 17.1 Å². The van der Waals surface area contributed by atoms with E-state index in [4.69, 9.17) is 18.9 Å². The highest BCUT2D eigenvalue weighted by Gasteiger charge is 2.52. The summed E-state index contributed by atoms with van der Waals surface area (Å²) in [5.41, 5.74) is -0.950. The number of hydrogen-bond donors (Lipinski definition) is 3. The molecule has 3 N–H and O–H groups in total. The van der Waals surface area contributed by atoms with Gasteiger partial charge in [0.05, 0.1) is 0 Å². The molecular weight excluding hydrogens is 498 g/mol. The van der Waals surface area contributed by atoms with E-state index in [1.165, 1.54) is 19.2 Å². The molecule has 1 saturated heterocycles. The Kier molecular flexibility index (Phi) is 9.82. The number of carbonyl (C=O) groups is 6. The van der Waals surface area contributed by atoms with Crippen molar-refractivity contribution in [1.29, 1.82) is 0 Å². The van der Waals surface area contributed by atoms with Crippen molar-refractivity contribution in [3.05, 3.63) is 22.7 Å². The van der Waals surface area contributed by atoms with Gasteiger partial charge in [-0.3, -0.25) is 33.9 Å². The topological polar surface area (TPSA) is 210 Å². The summed E-state index contributed by atoms with van der Waals surface area (Å²) in [5, 5.41) is 6.70. The highest BCUT2D eigenvalue weighted by atomic mass is 16.6. The highest BCUT2D eigenvalue weighted by Crippen LogP contribution is 2.32. The van der Waals surface area contributed by atoms with Crippen LogP contribution in [-0.4, -0.2) is 76.3 Å². The highest BCUT2D eigenvalue weighted by molar-refractivity contribution is 5.93. The van der Waals surface area contributed by atoms with E-state index in [0.717, 1.165) is 32.3 Å². The number of ether oxygens (including phenoxy) is 4. The number of carbonyl (C=O) groups excluding carboxylic acids is 6. The van der Waals surface area contributed by atoms with E-state index < -0.39 is 78.6 Å². The molecule has 16 nitrogen and oxygen atoms in total. The number of anilines is 1. The summed E-state index contributed by atoms with van der Waals surface area (Å²) in [4.78, 5) is 87.0. The standard InChI is InChI=1S/C21H27N5O11/c1-9(27)22-15-6-7-26(21(33)24-15)19-16(25-20(32)23-10(2)28)18(36-13(5)31)17(35-12(4)30)14(37-19)8-34-11(3)29/h6-7,14,16-19H,8H2,1-5H3,(H,22,24,27,33)(H2,23,25,28,32). The van der Waals surface area contributed by atoms with Crippen molar-refractivity contribution in [3.8, 4) is 0 Å². The molecule has 5 unspecified atom stereocenters. The first-order valence-corrected chi connectivity index (χ1v) is 10.9. The molecule has 0 aromatic carbocycles. The summed E-state index contributed by atoms with van der Waals surface area (Å²) in [5.74, 6) is -3.65. The Labute approximate surface area is 210 Å². The van der Waals surface area contributed by atoms with E-state index >= 15 is 0 Å². The monoisotopic (exact) mass is 525 g/mol. The van der Waals surface area contributed by atoms with Crippen LogP contribution in [0.5, 0.6) is 0 Å². The fraction of sp³-hybridized carbons (Fsp3) is 0.524. The van der Waals surface area contributed by atoms with Crippen LogP contribution in [0.4, 0.5) is 10.6 Å². The van der Waals surface area contributed by atoms with Crippen LogP contribution >= 0.6 is 0 Å². The van der Waals surface area contributed by atoms with Crippen molar-refractivity contribution >= 4 is 41.6 Å². The van der Waals surface area contributed by atoms with E-state index in [2.05, 4.69) is 15.6 Å². The second-order valence-corrected chi connectivity index (χ2v) is 7.88. The summed E-state index contributed by atoms with van der Waals surface area (Å²) in [6.45, 7) is 5.04. The molecule has 202 valence electrons. The van der Waals surface area contributed by atoms with Crippen molar-refractivity contribution in [2.75, 3.05) is 11.9 Å². The van der Waals surface area contributed by atoms with Crippen molar-refractivity contribution in [2.24, 2.45) is 0 Å². The Morgan fingerprint density at radius 1 is 0.946 bits per heavy atom. The van der Waals surface area contributed by atoms with Crippen LogP contribution in [0, 0.1) is 0 Å². The number of rotatable bonds is 7. The van der Waals surface area contributed by atoms with E-state index in [0.29, 0.717) is 0 Å². The SMILES string of the molecule is CC(=O)NC(=O)NC1C(OC(C)=O)C(OC(C)=O)C(COC(C)=O)OC1n1ccc(NC(C)=O)nc1=O. The molecule has 2 rings (SSSR count). The van der Waals surface area contributed by atoms with Gasteiger partial charge in [0.15, 0.2) is 18.4 Å². The molecule has 37 heavy (non-hydrogen) atoms. The first-order chi connectivity index (χ1) is 17.3. The molecule has 0 spiro atoms. The Morgan fingerprint density at radius 3 is 2.08 bits per heavy atom. The number of nitrogens with zero attached hydrogens (tertiary/aromatic N) is 2. The molecule has 1 aromatic heterocycles. The zero-order chi connectivity index (χ0) is 27.9. The molecule has 0 aliphatic carbocycles. The minimum atomic E-state index is -1.49. The molecule has 1 aliphatic heterocycles.